The Balaban J connectivity index is 2.70. The van der Waals surface area contributed by atoms with Crippen molar-refractivity contribution in [2.24, 2.45) is 16.8 Å². The number of thioether (sulfide) groups is 1. The fourth-order valence-corrected chi connectivity index (χ4v) is 2.12. The first-order chi connectivity index (χ1) is 8.09. The number of hydrogen-bond acceptors (Lipinski definition) is 3. The van der Waals surface area contributed by atoms with Gasteiger partial charge in [-0.1, -0.05) is 32.0 Å². The van der Waals surface area contributed by atoms with Crippen LogP contribution in [0.1, 0.15) is 19.4 Å². The molecule has 3 N–H and O–H groups in total. The molecule has 1 rings (SSSR count). The summed E-state index contributed by atoms with van der Waals surface area (Å²) in [7, 11) is 0. The van der Waals surface area contributed by atoms with Gasteiger partial charge in [0.05, 0.1) is 6.21 Å². The quantitative estimate of drug-likeness (QED) is 0.479. The van der Waals surface area contributed by atoms with Gasteiger partial charge in [-0.3, -0.25) is 0 Å². The molecule has 2 amide bonds. The number of rotatable bonds is 5. The number of urea groups is 1. The molecule has 0 spiro atoms. The molecule has 0 saturated carbocycles. The van der Waals surface area contributed by atoms with E-state index < -0.39 is 6.03 Å². The fourth-order valence-electron chi connectivity index (χ4n) is 1.14. The molecule has 4 nitrogen and oxygen atoms in total. The number of benzene rings is 1. The summed E-state index contributed by atoms with van der Waals surface area (Å²) in [5.74, 6) is 1.68. The third-order valence-electron chi connectivity index (χ3n) is 1.87. The van der Waals surface area contributed by atoms with Crippen LogP contribution in [0.3, 0.4) is 0 Å². The standard InChI is InChI=1S/C12H17N3OS/c1-9(2)8-17-11-6-4-3-5-10(11)7-14-15-12(13)16/h3-7,9H,8H2,1-2H3,(H3,13,15,16). The van der Waals surface area contributed by atoms with Gasteiger partial charge < -0.3 is 5.73 Å². The number of amides is 2. The molecule has 0 unspecified atom stereocenters. The first-order valence-electron chi connectivity index (χ1n) is 5.40. The molecule has 0 aliphatic rings. The van der Waals surface area contributed by atoms with Crippen molar-refractivity contribution in [3.05, 3.63) is 29.8 Å². The predicted molar refractivity (Wildman–Crippen MR) is 72.3 cm³/mol. The molecule has 0 bridgehead atoms. The summed E-state index contributed by atoms with van der Waals surface area (Å²) in [5.41, 5.74) is 8.09. The highest BCUT2D eigenvalue weighted by Crippen LogP contribution is 2.23. The van der Waals surface area contributed by atoms with E-state index in [9.17, 15) is 4.79 Å². The van der Waals surface area contributed by atoms with Crippen LogP contribution < -0.4 is 11.2 Å². The number of hydrazone groups is 1. The Morgan fingerprint density at radius 3 is 2.88 bits per heavy atom. The van der Waals surface area contributed by atoms with Crippen LogP contribution in [0.5, 0.6) is 0 Å². The number of hydrogen-bond donors (Lipinski definition) is 2. The zero-order valence-electron chi connectivity index (χ0n) is 10.0. The molecule has 0 heterocycles. The number of primary amides is 1. The van der Waals surface area contributed by atoms with E-state index >= 15 is 0 Å². The highest BCUT2D eigenvalue weighted by atomic mass is 32.2. The van der Waals surface area contributed by atoms with E-state index in [1.807, 2.05) is 24.3 Å². The first kappa shape index (κ1) is 13.6. The molecule has 0 saturated heterocycles. The van der Waals surface area contributed by atoms with Gasteiger partial charge in [0.25, 0.3) is 0 Å². The van der Waals surface area contributed by atoms with E-state index in [1.54, 1.807) is 18.0 Å². The van der Waals surface area contributed by atoms with Crippen LogP contribution in [0.2, 0.25) is 0 Å². The van der Waals surface area contributed by atoms with Crippen LogP contribution in [0.25, 0.3) is 0 Å². The lowest BCUT2D eigenvalue weighted by Gasteiger charge is -2.07. The minimum atomic E-state index is -0.659. The topological polar surface area (TPSA) is 67.5 Å². The minimum absolute atomic E-state index is 0.633. The normalized spacial score (nSPS) is 11.0. The largest absolute Gasteiger partial charge is 0.350 e. The molecule has 0 radical (unpaired) electrons. The summed E-state index contributed by atoms with van der Waals surface area (Å²) in [6, 6.07) is 7.26. The minimum Gasteiger partial charge on any atom is -0.350 e. The van der Waals surface area contributed by atoms with Gasteiger partial charge in [0.2, 0.25) is 0 Å². The van der Waals surface area contributed by atoms with Crippen molar-refractivity contribution in [3.63, 3.8) is 0 Å². The van der Waals surface area contributed by atoms with Crippen LogP contribution >= 0.6 is 11.8 Å². The maximum absolute atomic E-state index is 10.5. The Bertz CT molecular complexity index is 404. The monoisotopic (exact) mass is 251 g/mol. The Hall–Kier alpha value is -1.49. The molecule has 1 aromatic carbocycles. The molecule has 0 fully saturated rings. The van der Waals surface area contributed by atoms with E-state index in [0.717, 1.165) is 16.2 Å². The van der Waals surface area contributed by atoms with Gasteiger partial charge in [0, 0.05) is 16.2 Å². The molecular formula is C12H17N3OS. The van der Waals surface area contributed by atoms with E-state index in [-0.39, 0.29) is 0 Å². The van der Waals surface area contributed by atoms with Gasteiger partial charge >= 0.3 is 6.03 Å². The number of carbonyl (C=O) groups excluding carboxylic acids is 1. The molecule has 0 atom stereocenters. The Labute approximate surface area is 106 Å². The Morgan fingerprint density at radius 2 is 2.24 bits per heavy atom. The number of nitrogens with two attached hydrogens (primary N) is 1. The molecule has 0 aromatic heterocycles. The molecule has 92 valence electrons. The smallest absolute Gasteiger partial charge is 0.332 e. The zero-order valence-corrected chi connectivity index (χ0v) is 10.8. The van der Waals surface area contributed by atoms with Crippen LogP contribution in [0.4, 0.5) is 4.79 Å². The molecule has 0 aliphatic carbocycles. The lowest BCUT2D eigenvalue weighted by molar-refractivity contribution is 0.249. The number of carbonyl (C=O) groups is 1. The second-order valence-electron chi connectivity index (χ2n) is 3.98. The van der Waals surface area contributed by atoms with E-state index in [1.165, 1.54) is 0 Å². The van der Waals surface area contributed by atoms with Gasteiger partial charge in [0.15, 0.2) is 0 Å². The summed E-state index contributed by atoms with van der Waals surface area (Å²) in [4.78, 5) is 11.6. The maximum Gasteiger partial charge on any atom is 0.332 e. The van der Waals surface area contributed by atoms with Gasteiger partial charge in [-0.15, -0.1) is 11.8 Å². The first-order valence-corrected chi connectivity index (χ1v) is 6.38. The van der Waals surface area contributed by atoms with E-state index in [2.05, 4.69) is 24.4 Å². The summed E-state index contributed by atoms with van der Waals surface area (Å²) >= 11 is 1.78. The highest BCUT2D eigenvalue weighted by Gasteiger charge is 2.01. The van der Waals surface area contributed by atoms with Crippen molar-refractivity contribution >= 4 is 24.0 Å². The molecular weight excluding hydrogens is 234 g/mol. The average molecular weight is 251 g/mol. The van der Waals surface area contributed by atoms with Crippen molar-refractivity contribution in [1.82, 2.24) is 5.43 Å². The fraction of sp³-hybridized carbons (Fsp3) is 0.333. The summed E-state index contributed by atoms with van der Waals surface area (Å²) in [6.07, 6.45) is 1.60. The van der Waals surface area contributed by atoms with E-state index in [4.69, 9.17) is 5.73 Å². The highest BCUT2D eigenvalue weighted by molar-refractivity contribution is 7.99. The zero-order chi connectivity index (χ0) is 12.7. The lowest BCUT2D eigenvalue weighted by atomic mass is 10.2. The van der Waals surface area contributed by atoms with Crippen LogP contribution in [-0.2, 0) is 0 Å². The second kappa shape index (κ2) is 6.96. The lowest BCUT2D eigenvalue weighted by Crippen LogP contribution is -2.24. The maximum atomic E-state index is 10.5. The SMILES string of the molecule is CC(C)CSc1ccccc1C=NNC(N)=O. The summed E-state index contributed by atoms with van der Waals surface area (Å²) in [6.45, 7) is 4.36. The third-order valence-corrected chi connectivity index (χ3v) is 3.39. The van der Waals surface area contributed by atoms with Crippen LogP contribution in [0, 0.1) is 5.92 Å². The van der Waals surface area contributed by atoms with Gasteiger partial charge in [-0.2, -0.15) is 5.10 Å². The van der Waals surface area contributed by atoms with Crippen molar-refractivity contribution in [2.45, 2.75) is 18.7 Å². The van der Waals surface area contributed by atoms with E-state index in [0.29, 0.717) is 5.92 Å². The van der Waals surface area contributed by atoms with Crippen LogP contribution in [0.15, 0.2) is 34.3 Å². The van der Waals surface area contributed by atoms with Crippen molar-refractivity contribution < 1.29 is 4.79 Å². The van der Waals surface area contributed by atoms with Gasteiger partial charge in [-0.05, 0) is 12.0 Å². The van der Waals surface area contributed by atoms with Crippen molar-refractivity contribution in [3.8, 4) is 0 Å². The summed E-state index contributed by atoms with van der Waals surface area (Å²) in [5, 5.41) is 3.77. The summed E-state index contributed by atoms with van der Waals surface area (Å²) < 4.78 is 0. The average Bonchev–Trinajstić information content (AvgIpc) is 2.27. The Kier molecular flexibility index (Phi) is 5.56. The molecule has 17 heavy (non-hydrogen) atoms. The molecule has 0 aliphatic heterocycles. The van der Waals surface area contributed by atoms with Crippen LogP contribution in [-0.4, -0.2) is 18.0 Å². The van der Waals surface area contributed by atoms with Crippen molar-refractivity contribution in [1.29, 1.82) is 0 Å². The van der Waals surface area contributed by atoms with Gasteiger partial charge in [-0.25, -0.2) is 10.2 Å². The van der Waals surface area contributed by atoms with Gasteiger partial charge in [0.1, 0.15) is 0 Å². The van der Waals surface area contributed by atoms with Crippen molar-refractivity contribution in [2.75, 3.05) is 5.75 Å². The number of nitrogens with one attached hydrogen (secondary N) is 1. The Morgan fingerprint density at radius 1 is 1.53 bits per heavy atom. The third kappa shape index (κ3) is 5.40. The predicted octanol–water partition coefficient (Wildman–Crippen LogP) is 2.44. The second-order valence-corrected chi connectivity index (χ2v) is 5.04. The molecule has 5 heteroatoms. The molecule has 1 aromatic rings. The number of nitrogens with zero attached hydrogens (tertiary/aromatic N) is 1.